The molecular weight excluding hydrogens is 342 g/mol. The third kappa shape index (κ3) is 3.76. The lowest BCUT2D eigenvalue weighted by molar-refractivity contribution is -0.140. The number of nitrogens with one attached hydrogen (secondary N) is 1. The molecule has 0 fully saturated rings. The number of carboxylic acids is 1. The van der Waals surface area contributed by atoms with E-state index in [1.54, 1.807) is 19.9 Å². The van der Waals surface area contributed by atoms with Gasteiger partial charge in [-0.1, -0.05) is 13.8 Å². The van der Waals surface area contributed by atoms with Crippen molar-refractivity contribution < 1.29 is 24.2 Å². The van der Waals surface area contributed by atoms with E-state index in [0.717, 1.165) is 10.4 Å². The molecule has 0 radical (unpaired) electrons. The van der Waals surface area contributed by atoms with Crippen LogP contribution in [0.5, 0.6) is 11.5 Å². The first kappa shape index (κ1) is 17.3. The van der Waals surface area contributed by atoms with Gasteiger partial charge in [-0.15, -0.1) is 11.3 Å². The van der Waals surface area contributed by atoms with E-state index in [1.807, 2.05) is 24.3 Å². The smallest absolute Gasteiger partial charge is 0.326 e. The molecule has 0 unspecified atom stereocenters. The maximum atomic E-state index is 12.3. The Morgan fingerprint density at radius 3 is 2.52 bits per heavy atom. The van der Waals surface area contributed by atoms with Gasteiger partial charge in [0, 0.05) is 4.88 Å². The third-order valence-electron chi connectivity index (χ3n) is 3.88. The van der Waals surface area contributed by atoms with Gasteiger partial charge in [0.25, 0.3) is 5.91 Å². The first-order valence-electron chi connectivity index (χ1n) is 7.99. The highest BCUT2D eigenvalue weighted by molar-refractivity contribution is 7.17. The molecule has 25 heavy (non-hydrogen) atoms. The van der Waals surface area contributed by atoms with Crippen LogP contribution in [0.1, 0.15) is 23.5 Å². The van der Waals surface area contributed by atoms with Gasteiger partial charge in [0.1, 0.15) is 19.3 Å². The van der Waals surface area contributed by atoms with Crippen molar-refractivity contribution in [1.82, 2.24) is 5.32 Å². The number of hydrogen-bond donors (Lipinski definition) is 2. The van der Waals surface area contributed by atoms with Gasteiger partial charge in [0.2, 0.25) is 0 Å². The summed E-state index contributed by atoms with van der Waals surface area (Å²) in [6.07, 6.45) is 0. The molecule has 1 atom stereocenters. The number of aliphatic carboxylic acids is 1. The summed E-state index contributed by atoms with van der Waals surface area (Å²) in [5.41, 5.74) is 0.923. The normalized spacial score (nSPS) is 14.2. The van der Waals surface area contributed by atoms with Crippen LogP contribution in [0.4, 0.5) is 0 Å². The maximum Gasteiger partial charge on any atom is 0.326 e. The standard InChI is InChI=1S/C18H19NO5S/c1-10(2)16(18(21)22)19-17(20)15-6-5-14(25-15)11-3-4-12-13(9-11)24-8-7-23-12/h3-6,9-10,16H,7-8H2,1-2H3,(H,19,20)(H,21,22)/t16-/m0/s1. The summed E-state index contributed by atoms with van der Waals surface area (Å²) in [5.74, 6) is -0.208. The Labute approximate surface area is 149 Å². The van der Waals surface area contributed by atoms with Gasteiger partial charge in [0.15, 0.2) is 11.5 Å². The van der Waals surface area contributed by atoms with Gasteiger partial charge in [-0.25, -0.2) is 4.79 Å². The fraction of sp³-hybridized carbons (Fsp3) is 0.333. The lowest BCUT2D eigenvalue weighted by atomic mass is 10.0. The van der Waals surface area contributed by atoms with E-state index in [0.29, 0.717) is 29.6 Å². The van der Waals surface area contributed by atoms with Crippen LogP contribution in [-0.4, -0.2) is 36.2 Å². The quantitative estimate of drug-likeness (QED) is 0.855. The summed E-state index contributed by atoms with van der Waals surface area (Å²) in [5, 5.41) is 11.8. The van der Waals surface area contributed by atoms with E-state index in [1.165, 1.54) is 11.3 Å². The Kier molecular flexibility index (Phi) is 4.94. The highest BCUT2D eigenvalue weighted by Crippen LogP contribution is 2.36. The SMILES string of the molecule is CC(C)[C@H](NC(=O)c1ccc(-c2ccc3c(c2)OCCO3)s1)C(=O)O. The van der Waals surface area contributed by atoms with E-state index in [-0.39, 0.29) is 11.8 Å². The van der Waals surface area contributed by atoms with Crippen molar-refractivity contribution in [3.63, 3.8) is 0 Å². The Hall–Kier alpha value is -2.54. The second kappa shape index (κ2) is 7.14. The summed E-state index contributed by atoms with van der Waals surface area (Å²) in [4.78, 5) is 24.9. The molecule has 0 spiro atoms. The summed E-state index contributed by atoms with van der Waals surface area (Å²) in [6, 6.07) is 8.28. The average molecular weight is 361 g/mol. The molecule has 2 aromatic rings. The van der Waals surface area contributed by atoms with Gasteiger partial charge in [0.05, 0.1) is 4.88 Å². The highest BCUT2D eigenvalue weighted by Gasteiger charge is 2.24. The topological polar surface area (TPSA) is 84.9 Å². The summed E-state index contributed by atoms with van der Waals surface area (Å²) in [6.45, 7) is 4.57. The number of ether oxygens (including phenoxy) is 2. The molecule has 0 saturated carbocycles. The minimum absolute atomic E-state index is 0.196. The zero-order valence-corrected chi connectivity index (χ0v) is 14.8. The van der Waals surface area contributed by atoms with E-state index in [2.05, 4.69) is 5.32 Å². The van der Waals surface area contributed by atoms with Gasteiger partial charge in [-0.3, -0.25) is 4.79 Å². The second-order valence-electron chi connectivity index (χ2n) is 6.06. The third-order valence-corrected chi connectivity index (χ3v) is 5.01. The molecule has 6 nitrogen and oxygen atoms in total. The first-order chi connectivity index (χ1) is 12.0. The summed E-state index contributed by atoms with van der Waals surface area (Å²) < 4.78 is 11.1. The zero-order chi connectivity index (χ0) is 18.0. The molecule has 1 aliphatic rings. The van der Waals surface area contributed by atoms with Crippen LogP contribution in [0.3, 0.4) is 0 Å². The average Bonchev–Trinajstić information content (AvgIpc) is 3.08. The number of amides is 1. The van der Waals surface area contributed by atoms with Gasteiger partial charge >= 0.3 is 5.97 Å². The largest absolute Gasteiger partial charge is 0.486 e. The number of carbonyl (C=O) groups excluding carboxylic acids is 1. The van der Waals surface area contributed by atoms with E-state index in [9.17, 15) is 14.7 Å². The van der Waals surface area contributed by atoms with Gasteiger partial charge in [-0.05, 0) is 41.8 Å². The van der Waals surface area contributed by atoms with Crippen LogP contribution in [0, 0.1) is 5.92 Å². The first-order valence-corrected chi connectivity index (χ1v) is 8.81. The van der Waals surface area contributed by atoms with Gasteiger partial charge in [-0.2, -0.15) is 0 Å². The fourth-order valence-corrected chi connectivity index (χ4v) is 3.44. The Morgan fingerprint density at radius 2 is 1.84 bits per heavy atom. The maximum absolute atomic E-state index is 12.3. The van der Waals surface area contributed by atoms with Crippen LogP contribution in [0.25, 0.3) is 10.4 Å². The fourth-order valence-electron chi connectivity index (χ4n) is 2.54. The molecule has 1 amide bonds. The number of thiophene rings is 1. The van der Waals surface area contributed by atoms with Crippen molar-refractivity contribution >= 4 is 23.2 Å². The number of benzene rings is 1. The van der Waals surface area contributed by atoms with Crippen molar-refractivity contribution in [2.45, 2.75) is 19.9 Å². The van der Waals surface area contributed by atoms with Crippen LogP contribution in [0.2, 0.25) is 0 Å². The predicted octanol–water partition coefficient (Wildman–Crippen LogP) is 3.03. The number of rotatable bonds is 5. The van der Waals surface area contributed by atoms with E-state index >= 15 is 0 Å². The number of fused-ring (bicyclic) bond motifs is 1. The van der Waals surface area contributed by atoms with Crippen LogP contribution < -0.4 is 14.8 Å². The van der Waals surface area contributed by atoms with Crippen LogP contribution in [-0.2, 0) is 4.79 Å². The molecule has 2 N–H and O–H groups in total. The van der Waals surface area contributed by atoms with Crippen molar-refractivity contribution in [3.8, 4) is 21.9 Å². The van der Waals surface area contributed by atoms with Gasteiger partial charge < -0.3 is 19.9 Å². The number of carboxylic acid groups (broad SMARTS) is 1. The van der Waals surface area contributed by atoms with Crippen molar-refractivity contribution in [1.29, 1.82) is 0 Å². The van der Waals surface area contributed by atoms with E-state index in [4.69, 9.17) is 9.47 Å². The minimum atomic E-state index is -1.04. The second-order valence-corrected chi connectivity index (χ2v) is 7.14. The van der Waals surface area contributed by atoms with Crippen LogP contribution >= 0.6 is 11.3 Å². The molecule has 2 heterocycles. The molecule has 0 aliphatic carbocycles. The Balaban J connectivity index is 1.78. The Morgan fingerprint density at radius 1 is 1.12 bits per heavy atom. The van der Waals surface area contributed by atoms with E-state index < -0.39 is 12.0 Å². The lowest BCUT2D eigenvalue weighted by Gasteiger charge is -2.18. The summed E-state index contributed by atoms with van der Waals surface area (Å²) >= 11 is 1.31. The number of hydrogen-bond acceptors (Lipinski definition) is 5. The lowest BCUT2D eigenvalue weighted by Crippen LogP contribution is -2.44. The molecule has 1 aromatic carbocycles. The van der Waals surface area contributed by atoms with Crippen molar-refractivity contribution in [3.05, 3.63) is 35.2 Å². The monoisotopic (exact) mass is 361 g/mol. The molecule has 7 heteroatoms. The molecule has 0 bridgehead atoms. The number of carbonyl (C=O) groups is 2. The molecule has 132 valence electrons. The predicted molar refractivity (Wildman–Crippen MR) is 94.5 cm³/mol. The summed E-state index contributed by atoms with van der Waals surface area (Å²) in [7, 11) is 0. The molecule has 1 aromatic heterocycles. The molecule has 3 rings (SSSR count). The molecule has 1 aliphatic heterocycles. The Bertz CT molecular complexity index is 799. The van der Waals surface area contributed by atoms with Crippen molar-refractivity contribution in [2.24, 2.45) is 5.92 Å². The molecular formula is C18H19NO5S. The van der Waals surface area contributed by atoms with Crippen molar-refractivity contribution in [2.75, 3.05) is 13.2 Å². The zero-order valence-electron chi connectivity index (χ0n) is 13.9. The minimum Gasteiger partial charge on any atom is -0.486 e. The molecule has 0 saturated heterocycles. The van der Waals surface area contributed by atoms with Crippen LogP contribution in [0.15, 0.2) is 30.3 Å². The highest BCUT2D eigenvalue weighted by atomic mass is 32.1.